The van der Waals surface area contributed by atoms with Gasteiger partial charge in [-0.05, 0) is 61.2 Å². The largest absolute Gasteiger partial charge is 0.497 e. The molecule has 4 aromatic rings. The van der Waals surface area contributed by atoms with E-state index >= 15 is 0 Å². The van der Waals surface area contributed by atoms with Gasteiger partial charge in [-0.25, -0.2) is 4.39 Å². The first-order valence-corrected chi connectivity index (χ1v) is 11.2. The van der Waals surface area contributed by atoms with E-state index in [1.807, 2.05) is 44.2 Å². The Bertz CT molecular complexity index is 1470. The fourth-order valence-electron chi connectivity index (χ4n) is 4.77. The molecule has 2 heterocycles. The lowest BCUT2D eigenvalue weighted by atomic mass is 9.97. The van der Waals surface area contributed by atoms with Crippen molar-refractivity contribution in [2.45, 2.75) is 26.3 Å². The van der Waals surface area contributed by atoms with Crippen LogP contribution in [0.3, 0.4) is 0 Å². The summed E-state index contributed by atoms with van der Waals surface area (Å²) in [6.07, 6.45) is 0.528. The number of hydrogen-bond donors (Lipinski definition) is 0. The predicted octanol–water partition coefficient (Wildman–Crippen LogP) is 5.35. The number of halogens is 1. The van der Waals surface area contributed by atoms with E-state index in [4.69, 9.17) is 9.15 Å². The molecule has 1 aliphatic rings. The van der Waals surface area contributed by atoms with Crippen molar-refractivity contribution in [1.82, 2.24) is 4.90 Å². The molecule has 1 aliphatic heterocycles. The molecule has 0 radical (unpaired) electrons. The molecule has 1 atom stereocenters. The van der Waals surface area contributed by atoms with E-state index in [0.717, 1.165) is 22.4 Å². The fraction of sp³-hybridized carbons (Fsp3) is 0.214. The van der Waals surface area contributed by atoms with E-state index in [9.17, 15) is 14.0 Å². The summed E-state index contributed by atoms with van der Waals surface area (Å²) in [5.41, 5.74) is 3.27. The monoisotopic (exact) mass is 457 g/mol. The molecule has 3 aromatic carbocycles. The topological polar surface area (TPSA) is 59.8 Å². The van der Waals surface area contributed by atoms with Gasteiger partial charge in [0.05, 0.1) is 24.1 Å². The molecule has 1 aromatic heterocycles. The molecule has 0 N–H and O–H groups in total. The van der Waals surface area contributed by atoms with Crippen LogP contribution in [0.2, 0.25) is 0 Å². The van der Waals surface area contributed by atoms with E-state index in [1.54, 1.807) is 36.3 Å². The minimum atomic E-state index is -0.858. The third-order valence-corrected chi connectivity index (χ3v) is 6.40. The van der Waals surface area contributed by atoms with Gasteiger partial charge in [-0.3, -0.25) is 9.59 Å². The van der Waals surface area contributed by atoms with Gasteiger partial charge < -0.3 is 14.1 Å². The summed E-state index contributed by atoms with van der Waals surface area (Å²) in [6, 6.07) is 16.6. The zero-order valence-electron chi connectivity index (χ0n) is 19.2. The molecule has 0 saturated carbocycles. The maximum atomic E-state index is 15.0. The van der Waals surface area contributed by atoms with Gasteiger partial charge in [0.15, 0.2) is 5.43 Å². The van der Waals surface area contributed by atoms with Gasteiger partial charge in [-0.1, -0.05) is 36.4 Å². The maximum absolute atomic E-state index is 15.0. The minimum Gasteiger partial charge on any atom is -0.497 e. The third kappa shape index (κ3) is 3.55. The molecule has 0 bridgehead atoms. The summed E-state index contributed by atoms with van der Waals surface area (Å²) in [7, 11) is 1.60. The number of methoxy groups -OCH3 is 1. The van der Waals surface area contributed by atoms with E-state index in [-0.39, 0.29) is 22.3 Å². The first-order valence-electron chi connectivity index (χ1n) is 11.2. The number of ether oxygens (including phenoxy) is 1. The lowest BCUT2D eigenvalue weighted by molar-refractivity contribution is 0.0728. The average molecular weight is 458 g/mol. The molecule has 0 aliphatic carbocycles. The van der Waals surface area contributed by atoms with Gasteiger partial charge in [0.25, 0.3) is 5.91 Å². The van der Waals surface area contributed by atoms with Crippen LogP contribution in [0.25, 0.3) is 11.0 Å². The highest BCUT2D eigenvalue weighted by molar-refractivity contribution is 5.99. The second kappa shape index (κ2) is 8.45. The molecular weight excluding hydrogens is 433 g/mol. The number of carbonyl (C=O) groups is 1. The van der Waals surface area contributed by atoms with Gasteiger partial charge in [0, 0.05) is 12.1 Å². The number of aryl methyl sites for hydroxylation is 2. The van der Waals surface area contributed by atoms with Crippen molar-refractivity contribution >= 4 is 16.9 Å². The average Bonchev–Trinajstić information content (AvgIpc) is 3.11. The van der Waals surface area contributed by atoms with Gasteiger partial charge in [-0.15, -0.1) is 0 Å². The Labute approximate surface area is 196 Å². The van der Waals surface area contributed by atoms with E-state index in [2.05, 4.69) is 0 Å². The van der Waals surface area contributed by atoms with Crippen LogP contribution >= 0.6 is 0 Å². The highest BCUT2D eigenvalue weighted by atomic mass is 19.1. The Morgan fingerprint density at radius 1 is 1.03 bits per heavy atom. The lowest BCUT2D eigenvalue weighted by Gasteiger charge is -2.25. The first-order chi connectivity index (χ1) is 16.4. The van der Waals surface area contributed by atoms with E-state index in [1.165, 1.54) is 6.07 Å². The van der Waals surface area contributed by atoms with Crippen LogP contribution in [0.5, 0.6) is 5.75 Å². The van der Waals surface area contributed by atoms with Crippen molar-refractivity contribution < 1.29 is 18.3 Å². The maximum Gasteiger partial charge on any atom is 0.290 e. The Balaban J connectivity index is 1.64. The Morgan fingerprint density at radius 3 is 2.47 bits per heavy atom. The van der Waals surface area contributed by atoms with Crippen molar-refractivity contribution in [2.75, 3.05) is 13.7 Å². The van der Waals surface area contributed by atoms with Crippen LogP contribution in [0.4, 0.5) is 4.39 Å². The fourth-order valence-corrected chi connectivity index (χ4v) is 4.77. The van der Waals surface area contributed by atoms with Gasteiger partial charge in [0.2, 0.25) is 5.76 Å². The number of benzene rings is 3. The molecule has 5 rings (SSSR count). The summed E-state index contributed by atoms with van der Waals surface area (Å²) in [4.78, 5) is 28.8. The summed E-state index contributed by atoms with van der Waals surface area (Å²) in [5, 5.41) is 0.405. The highest BCUT2D eigenvalue weighted by Crippen LogP contribution is 2.39. The molecule has 1 amide bonds. The van der Waals surface area contributed by atoms with Crippen molar-refractivity contribution in [3.05, 3.63) is 110 Å². The standard InChI is InChI=1S/C28H24FNO4/c1-16-14-17(2)26-21(15-16)25(31)23-24(20-6-4-5-7-22(20)29)30(28(32)27(23)34-26)13-12-18-8-10-19(33-3)11-9-18/h4-11,14-15,24H,12-13H2,1-3H3/t24-/m1/s1. The second-order valence-electron chi connectivity index (χ2n) is 8.65. The summed E-state index contributed by atoms with van der Waals surface area (Å²) >= 11 is 0. The number of fused-ring (bicyclic) bond motifs is 2. The Morgan fingerprint density at radius 2 is 1.76 bits per heavy atom. The van der Waals surface area contributed by atoms with Crippen LogP contribution in [0.1, 0.15) is 44.4 Å². The van der Waals surface area contributed by atoms with E-state index < -0.39 is 17.8 Å². The molecule has 0 fully saturated rings. The van der Waals surface area contributed by atoms with Crippen molar-refractivity contribution in [3.8, 4) is 5.75 Å². The highest BCUT2D eigenvalue weighted by Gasteiger charge is 2.43. The van der Waals surface area contributed by atoms with Crippen LogP contribution in [-0.4, -0.2) is 24.5 Å². The first kappa shape index (κ1) is 21.9. The van der Waals surface area contributed by atoms with Crippen LogP contribution < -0.4 is 10.2 Å². The van der Waals surface area contributed by atoms with Crippen LogP contribution in [-0.2, 0) is 6.42 Å². The molecule has 0 saturated heterocycles. The number of hydrogen-bond acceptors (Lipinski definition) is 4. The van der Waals surface area contributed by atoms with Crippen LogP contribution in [0, 0.1) is 19.7 Å². The van der Waals surface area contributed by atoms with Gasteiger partial charge in [0.1, 0.15) is 17.1 Å². The van der Waals surface area contributed by atoms with Gasteiger partial charge >= 0.3 is 0 Å². The molecule has 6 heteroatoms. The molecule has 0 spiro atoms. The zero-order chi connectivity index (χ0) is 24.0. The normalized spacial score (nSPS) is 15.1. The Kier molecular flexibility index (Phi) is 5.44. The van der Waals surface area contributed by atoms with Gasteiger partial charge in [-0.2, -0.15) is 0 Å². The summed E-state index contributed by atoms with van der Waals surface area (Å²) in [6.45, 7) is 4.04. The number of amides is 1. The van der Waals surface area contributed by atoms with Crippen molar-refractivity contribution in [1.29, 1.82) is 0 Å². The molecule has 34 heavy (non-hydrogen) atoms. The molecule has 172 valence electrons. The minimum absolute atomic E-state index is 0.00700. The van der Waals surface area contributed by atoms with Crippen molar-refractivity contribution in [3.63, 3.8) is 0 Å². The third-order valence-electron chi connectivity index (χ3n) is 6.40. The van der Waals surface area contributed by atoms with Crippen molar-refractivity contribution in [2.24, 2.45) is 0 Å². The number of nitrogens with zero attached hydrogens (tertiary/aromatic N) is 1. The van der Waals surface area contributed by atoms with E-state index in [0.29, 0.717) is 23.9 Å². The number of rotatable bonds is 5. The lowest BCUT2D eigenvalue weighted by Crippen LogP contribution is -2.32. The quantitative estimate of drug-likeness (QED) is 0.406. The zero-order valence-corrected chi connectivity index (χ0v) is 19.2. The predicted molar refractivity (Wildman–Crippen MR) is 128 cm³/mol. The Hall–Kier alpha value is -3.93. The SMILES string of the molecule is COc1ccc(CCN2C(=O)c3oc4c(C)cc(C)cc4c(=O)c3[C@H]2c2ccccc2F)cc1. The van der Waals surface area contributed by atoms with Crippen LogP contribution in [0.15, 0.2) is 69.9 Å². The summed E-state index contributed by atoms with van der Waals surface area (Å²) < 4.78 is 26.2. The molecule has 5 nitrogen and oxygen atoms in total. The second-order valence-corrected chi connectivity index (χ2v) is 8.65. The summed E-state index contributed by atoms with van der Waals surface area (Å²) in [5.74, 6) is -0.143. The number of carbonyl (C=O) groups excluding carboxylic acids is 1. The smallest absolute Gasteiger partial charge is 0.290 e. The molecular formula is C28H24FNO4. The molecule has 0 unspecified atom stereocenters.